The Kier molecular flexibility index (Phi) is 4.02. The van der Waals surface area contributed by atoms with Gasteiger partial charge >= 0.3 is 0 Å². The first-order valence-corrected chi connectivity index (χ1v) is 8.41. The largest absolute Gasteiger partial charge is 0.317 e. The van der Waals surface area contributed by atoms with E-state index in [9.17, 15) is 8.42 Å². The minimum atomic E-state index is -3.22. The summed E-state index contributed by atoms with van der Waals surface area (Å²) in [5.41, 5.74) is 1.85. The maximum atomic E-state index is 12.9. The van der Waals surface area contributed by atoms with Gasteiger partial charge in [-0.1, -0.05) is 19.1 Å². The summed E-state index contributed by atoms with van der Waals surface area (Å²) in [4.78, 5) is 0.515. The van der Waals surface area contributed by atoms with Crippen molar-refractivity contribution in [1.29, 1.82) is 0 Å². The molecule has 3 atom stereocenters. The van der Waals surface area contributed by atoms with Crippen molar-refractivity contribution >= 4 is 9.84 Å². The van der Waals surface area contributed by atoms with Crippen LogP contribution in [0, 0.1) is 19.8 Å². The predicted octanol–water partition coefficient (Wildman–Crippen LogP) is 2.46. The molecule has 1 aromatic rings. The van der Waals surface area contributed by atoms with E-state index in [1.165, 1.54) is 0 Å². The first-order valence-electron chi connectivity index (χ1n) is 6.86. The van der Waals surface area contributed by atoms with Gasteiger partial charge in [-0.2, -0.15) is 0 Å². The minimum absolute atomic E-state index is 0.162. The Balaban J connectivity index is 2.41. The monoisotopic (exact) mass is 281 g/mol. The second-order valence-corrected chi connectivity index (χ2v) is 7.82. The molecule has 0 aromatic heterocycles. The maximum absolute atomic E-state index is 12.9. The van der Waals surface area contributed by atoms with E-state index < -0.39 is 9.84 Å². The van der Waals surface area contributed by atoms with Gasteiger partial charge in [-0.3, -0.25) is 0 Å². The molecule has 0 bridgehead atoms. The third-order valence-corrected chi connectivity index (χ3v) is 6.92. The van der Waals surface area contributed by atoms with E-state index in [1.54, 1.807) is 0 Å². The number of hydrogen-bond acceptors (Lipinski definition) is 3. The molecule has 3 nitrogen and oxygen atoms in total. The number of sulfone groups is 1. The molecule has 0 radical (unpaired) electrons. The Hall–Kier alpha value is -0.870. The molecular weight excluding hydrogens is 258 g/mol. The summed E-state index contributed by atoms with van der Waals surface area (Å²) >= 11 is 0. The molecule has 2 rings (SSSR count). The van der Waals surface area contributed by atoms with Crippen molar-refractivity contribution < 1.29 is 8.42 Å². The normalized spacial score (nSPS) is 27.7. The average molecular weight is 281 g/mol. The highest BCUT2D eigenvalue weighted by Gasteiger charge is 2.41. The van der Waals surface area contributed by atoms with Crippen LogP contribution in [0.1, 0.15) is 30.9 Å². The van der Waals surface area contributed by atoms with Crippen LogP contribution in [0.5, 0.6) is 0 Å². The minimum Gasteiger partial charge on any atom is -0.317 e. The summed E-state index contributed by atoms with van der Waals surface area (Å²) in [6.07, 6.45) is 1.69. The van der Waals surface area contributed by atoms with Crippen LogP contribution in [-0.2, 0) is 9.84 Å². The van der Waals surface area contributed by atoms with Crippen molar-refractivity contribution in [2.24, 2.45) is 5.92 Å². The van der Waals surface area contributed by atoms with Gasteiger partial charge in [-0.25, -0.2) is 8.42 Å². The number of rotatable bonds is 3. The lowest BCUT2D eigenvalue weighted by Gasteiger charge is -2.21. The van der Waals surface area contributed by atoms with Crippen molar-refractivity contribution in [3.8, 4) is 0 Å². The fraction of sp³-hybridized carbons (Fsp3) is 0.600. The molecule has 1 aliphatic rings. The number of nitrogens with one attached hydrogen (secondary N) is 1. The summed E-state index contributed by atoms with van der Waals surface area (Å²) in [6.45, 7) is 5.86. The summed E-state index contributed by atoms with van der Waals surface area (Å²) < 4.78 is 25.7. The van der Waals surface area contributed by atoms with Gasteiger partial charge in [0.25, 0.3) is 0 Å². The quantitative estimate of drug-likeness (QED) is 0.926. The Morgan fingerprint density at radius 1 is 1.21 bits per heavy atom. The molecule has 0 heterocycles. The van der Waals surface area contributed by atoms with Crippen molar-refractivity contribution in [1.82, 2.24) is 5.32 Å². The van der Waals surface area contributed by atoms with E-state index >= 15 is 0 Å². The Labute approximate surface area is 116 Å². The fourth-order valence-corrected chi connectivity index (χ4v) is 5.54. The standard InChI is InChI=1S/C15H23NO2S/c1-10-5-6-11(2)15(9-10)19(17,18)14-8-7-13(16-4)12(14)3/h5-6,9,12-14,16H,7-8H2,1-4H3. The van der Waals surface area contributed by atoms with Gasteiger partial charge < -0.3 is 5.32 Å². The summed E-state index contributed by atoms with van der Waals surface area (Å²) in [5.74, 6) is 0.162. The molecule has 1 fully saturated rings. The summed E-state index contributed by atoms with van der Waals surface area (Å²) in [6, 6.07) is 5.98. The van der Waals surface area contributed by atoms with Crippen LogP contribution in [0.2, 0.25) is 0 Å². The molecule has 0 saturated heterocycles. The van der Waals surface area contributed by atoms with Gasteiger partial charge in [0.15, 0.2) is 9.84 Å². The van der Waals surface area contributed by atoms with E-state index in [-0.39, 0.29) is 11.2 Å². The highest BCUT2D eigenvalue weighted by molar-refractivity contribution is 7.92. The summed E-state index contributed by atoms with van der Waals surface area (Å²) in [7, 11) is -1.31. The number of hydrogen-bond donors (Lipinski definition) is 1. The second-order valence-electron chi connectivity index (χ2n) is 5.68. The van der Waals surface area contributed by atoms with Crippen LogP contribution in [0.3, 0.4) is 0 Å². The zero-order chi connectivity index (χ0) is 14.2. The lowest BCUT2D eigenvalue weighted by Crippen LogP contribution is -2.34. The third-order valence-electron chi connectivity index (χ3n) is 4.40. The van der Waals surface area contributed by atoms with Crippen LogP contribution in [0.25, 0.3) is 0 Å². The zero-order valence-electron chi connectivity index (χ0n) is 12.1. The van der Waals surface area contributed by atoms with Crippen LogP contribution >= 0.6 is 0 Å². The lowest BCUT2D eigenvalue weighted by molar-refractivity contribution is 0.453. The fourth-order valence-electron chi connectivity index (χ4n) is 3.15. The molecule has 4 heteroatoms. The number of benzene rings is 1. The molecule has 0 amide bonds. The molecule has 1 aromatic carbocycles. The Bertz CT molecular complexity index is 566. The first-order chi connectivity index (χ1) is 8.87. The van der Waals surface area contributed by atoms with Crippen LogP contribution in [0.15, 0.2) is 23.1 Å². The SMILES string of the molecule is CNC1CCC(S(=O)(=O)c2cc(C)ccc2C)C1C. The van der Waals surface area contributed by atoms with E-state index in [1.807, 2.05) is 46.0 Å². The maximum Gasteiger partial charge on any atom is 0.181 e. The summed E-state index contributed by atoms with van der Waals surface area (Å²) in [5, 5.41) is 2.97. The van der Waals surface area contributed by atoms with E-state index in [4.69, 9.17) is 0 Å². The topological polar surface area (TPSA) is 46.2 Å². The molecule has 1 N–H and O–H groups in total. The Morgan fingerprint density at radius 3 is 2.47 bits per heavy atom. The highest BCUT2D eigenvalue weighted by atomic mass is 32.2. The van der Waals surface area contributed by atoms with Crippen molar-refractivity contribution in [3.05, 3.63) is 29.3 Å². The highest BCUT2D eigenvalue weighted by Crippen LogP contribution is 2.35. The van der Waals surface area contributed by atoms with Gasteiger partial charge in [-0.05, 0) is 56.8 Å². The van der Waals surface area contributed by atoms with Crippen LogP contribution in [0.4, 0.5) is 0 Å². The van der Waals surface area contributed by atoms with Crippen LogP contribution < -0.4 is 5.32 Å². The average Bonchev–Trinajstić information content (AvgIpc) is 2.74. The molecule has 1 aliphatic carbocycles. The number of aryl methyl sites for hydroxylation is 2. The zero-order valence-corrected chi connectivity index (χ0v) is 12.9. The molecule has 3 unspecified atom stereocenters. The van der Waals surface area contributed by atoms with Gasteiger partial charge in [0.2, 0.25) is 0 Å². The lowest BCUT2D eigenvalue weighted by atomic mass is 10.1. The van der Waals surface area contributed by atoms with Crippen molar-refractivity contribution in [2.75, 3.05) is 7.05 Å². The second kappa shape index (κ2) is 5.25. The third kappa shape index (κ3) is 2.56. The molecule has 106 valence electrons. The van der Waals surface area contributed by atoms with Crippen molar-refractivity contribution in [3.63, 3.8) is 0 Å². The van der Waals surface area contributed by atoms with Gasteiger partial charge in [0.1, 0.15) is 0 Å². The molecule has 19 heavy (non-hydrogen) atoms. The Morgan fingerprint density at radius 2 is 1.89 bits per heavy atom. The van der Waals surface area contributed by atoms with E-state index in [2.05, 4.69) is 5.32 Å². The smallest absolute Gasteiger partial charge is 0.181 e. The van der Waals surface area contributed by atoms with Crippen LogP contribution in [-0.4, -0.2) is 26.8 Å². The molecule has 1 saturated carbocycles. The molecule has 0 aliphatic heterocycles. The predicted molar refractivity (Wildman–Crippen MR) is 78.1 cm³/mol. The van der Waals surface area contributed by atoms with Gasteiger partial charge in [0.05, 0.1) is 10.1 Å². The van der Waals surface area contributed by atoms with E-state index in [0.717, 1.165) is 24.0 Å². The van der Waals surface area contributed by atoms with Gasteiger partial charge in [-0.15, -0.1) is 0 Å². The van der Waals surface area contributed by atoms with Crippen molar-refractivity contribution in [2.45, 2.75) is 49.8 Å². The van der Waals surface area contributed by atoms with E-state index in [0.29, 0.717) is 10.9 Å². The first kappa shape index (κ1) is 14.5. The molecule has 0 spiro atoms. The molecular formula is C15H23NO2S. The van der Waals surface area contributed by atoms with Gasteiger partial charge in [0, 0.05) is 6.04 Å².